The van der Waals surface area contributed by atoms with Crippen LogP contribution in [0.2, 0.25) is 0 Å². The van der Waals surface area contributed by atoms with Gasteiger partial charge in [0.05, 0.1) is 22.7 Å². The lowest BCUT2D eigenvalue weighted by Crippen LogP contribution is -2.25. The maximum absolute atomic E-state index is 6.14. The Hall–Kier alpha value is -2.64. The van der Waals surface area contributed by atoms with Crippen LogP contribution in [0, 0.1) is 55.4 Å². The molecule has 0 bridgehead atoms. The van der Waals surface area contributed by atoms with Crippen molar-refractivity contribution in [2.75, 3.05) is 9.80 Å². The lowest BCUT2D eigenvalue weighted by molar-refractivity contribution is 1.26. The minimum absolute atomic E-state index is 0.743. The van der Waals surface area contributed by atoms with Gasteiger partial charge in [-0.25, -0.2) is 0 Å². The van der Waals surface area contributed by atoms with Crippen LogP contribution >= 0.6 is 46.0 Å². The molecule has 0 aliphatic carbocycles. The Morgan fingerprint density at radius 1 is 0.425 bits per heavy atom. The molecule has 0 atom stereocenters. The van der Waals surface area contributed by atoms with Crippen LogP contribution in [0.1, 0.15) is 44.5 Å². The first kappa shape index (κ1) is 30.3. The molecule has 0 spiro atoms. The topological polar surface area (TPSA) is 6.48 Å². The Morgan fingerprint density at radius 2 is 0.650 bits per heavy atom. The van der Waals surface area contributed by atoms with Crippen molar-refractivity contribution in [3.63, 3.8) is 0 Å². The molecule has 0 aromatic heterocycles. The van der Waals surface area contributed by atoms with Gasteiger partial charge in [0.15, 0.2) is 8.64 Å². The molecule has 4 aromatic rings. The van der Waals surface area contributed by atoms with Gasteiger partial charge in [0, 0.05) is 0 Å². The summed E-state index contributed by atoms with van der Waals surface area (Å²) in [5.74, 6) is 0. The number of nitrogens with zero attached hydrogens (tertiary/aromatic N) is 2. The molecule has 0 aliphatic heterocycles. The average molecular weight is 601 g/mol. The van der Waals surface area contributed by atoms with Gasteiger partial charge >= 0.3 is 0 Å². The van der Waals surface area contributed by atoms with Gasteiger partial charge in [0.1, 0.15) is 0 Å². The molecule has 0 aliphatic rings. The number of anilines is 4. The van der Waals surface area contributed by atoms with Gasteiger partial charge in [0.25, 0.3) is 0 Å². The largest absolute Gasteiger partial charge is 0.295 e. The van der Waals surface area contributed by atoms with Crippen molar-refractivity contribution in [1.82, 2.24) is 0 Å². The van der Waals surface area contributed by atoms with E-state index in [2.05, 4.69) is 138 Å². The lowest BCUT2D eigenvalue weighted by Gasteiger charge is -2.30. The predicted octanol–water partition coefficient (Wildman–Crippen LogP) is 11.1. The SMILES string of the molecule is Cc1ccc(N(C(=S)SSC(=S)N(c2ccc(C)cc2C)c2ccc(C)cc2C)c2ccc(C)cc2C)c(C)c1. The molecule has 206 valence electrons. The molecular weight excluding hydrogens is 565 g/mol. The molecule has 4 aromatic carbocycles. The third kappa shape index (κ3) is 6.80. The van der Waals surface area contributed by atoms with Gasteiger partial charge in [-0.15, -0.1) is 0 Å². The first-order chi connectivity index (χ1) is 19.0. The zero-order valence-electron chi connectivity index (χ0n) is 24.5. The molecular formula is C34H36N2S4. The summed E-state index contributed by atoms with van der Waals surface area (Å²) < 4.78 is 1.49. The molecule has 0 radical (unpaired) electrons. The van der Waals surface area contributed by atoms with E-state index in [1.165, 1.54) is 66.1 Å². The van der Waals surface area contributed by atoms with Crippen LogP contribution in [0.15, 0.2) is 72.8 Å². The van der Waals surface area contributed by atoms with E-state index in [-0.39, 0.29) is 0 Å². The second kappa shape index (κ2) is 12.9. The summed E-state index contributed by atoms with van der Waals surface area (Å²) in [7, 11) is 3.07. The third-order valence-corrected chi connectivity index (χ3v) is 10.4. The van der Waals surface area contributed by atoms with E-state index in [1.54, 1.807) is 0 Å². The summed E-state index contributed by atoms with van der Waals surface area (Å²) in [4.78, 5) is 4.38. The van der Waals surface area contributed by atoms with Crippen molar-refractivity contribution in [1.29, 1.82) is 0 Å². The third-order valence-electron chi connectivity index (χ3n) is 6.92. The van der Waals surface area contributed by atoms with Crippen LogP contribution in [-0.4, -0.2) is 8.64 Å². The van der Waals surface area contributed by atoms with Crippen LogP contribution in [0.25, 0.3) is 0 Å². The Morgan fingerprint density at radius 3 is 0.850 bits per heavy atom. The summed E-state index contributed by atoms with van der Waals surface area (Å²) in [5.41, 5.74) is 14.0. The minimum atomic E-state index is 0.743. The number of benzene rings is 4. The molecule has 6 heteroatoms. The van der Waals surface area contributed by atoms with Crippen molar-refractivity contribution >= 4 is 77.4 Å². The smallest absolute Gasteiger partial charge is 0.156 e. The Bertz CT molecular complexity index is 1370. The van der Waals surface area contributed by atoms with Crippen LogP contribution in [-0.2, 0) is 0 Å². The highest BCUT2D eigenvalue weighted by Crippen LogP contribution is 2.41. The van der Waals surface area contributed by atoms with Gasteiger partial charge in [-0.3, -0.25) is 9.80 Å². The summed E-state index contributed by atoms with van der Waals surface area (Å²) in [6.07, 6.45) is 0. The number of aryl methyl sites for hydroxylation is 8. The zero-order valence-corrected chi connectivity index (χ0v) is 27.7. The van der Waals surface area contributed by atoms with E-state index in [0.29, 0.717) is 0 Å². The van der Waals surface area contributed by atoms with Crippen LogP contribution in [0.5, 0.6) is 0 Å². The highest BCUT2D eigenvalue weighted by atomic mass is 33.1. The van der Waals surface area contributed by atoms with Gasteiger partial charge < -0.3 is 0 Å². The summed E-state index contributed by atoms with van der Waals surface area (Å²) in [6.45, 7) is 17.1. The number of rotatable bonds is 4. The van der Waals surface area contributed by atoms with E-state index in [1.807, 2.05) is 0 Å². The Kier molecular flexibility index (Phi) is 9.78. The van der Waals surface area contributed by atoms with E-state index in [0.717, 1.165) is 31.4 Å². The predicted molar refractivity (Wildman–Crippen MR) is 188 cm³/mol. The summed E-state index contributed by atoms with van der Waals surface area (Å²) in [6, 6.07) is 26.1. The zero-order chi connectivity index (χ0) is 29.1. The number of hydrogen-bond donors (Lipinski definition) is 0. The van der Waals surface area contributed by atoms with Crippen molar-refractivity contribution in [3.8, 4) is 0 Å². The molecule has 0 N–H and O–H groups in total. The van der Waals surface area contributed by atoms with Gasteiger partial charge in [0.2, 0.25) is 0 Å². The van der Waals surface area contributed by atoms with E-state index >= 15 is 0 Å². The summed E-state index contributed by atoms with van der Waals surface area (Å²) >= 11 is 12.3. The molecule has 0 unspecified atom stereocenters. The maximum Gasteiger partial charge on any atom is 0.156 e. The van der Waals surface area contributed by atoms with Crippen molar-refractivity contribution in [3.05, 3.63) is 117 Å². The van der Waals surface area contributed by atoms with Gasteiger partial charge in [-0.2, -0.15) is 0 Å². The van der Waals surface area contributed by atoms with E-state index in [4.69, 9.17) is 24.4 Å². The second-order valence-electron chi connectivity index (χ2n) is 10.5. The molecule has 4 rings (SSSR count). The maximum atomic E-state index is 6.14. The fourth-order valence-corrected chi connectivity index (χ4v) is 7.59. The quantitative estimate of drug-likeness (QED) is 0.169. The molecule has 40 heavy (non-hydrogen) atoms. The highest BCUT2D eigenvalue weighted by Gasteiger charge is 2.24. The Labute approximate surface area is 258 Å². The minimum Gasteiger partial charge on any atom is -0.295 e. The molecule has 0 saturated carbocycles. The molecule has 0 amide bonds. The monoisotopic (exact) mass is 600 g/mol. The first-order valence-corrected chi connectivity index (χ1v) is 16.2. The second-order valence-corrected chi connectivity index (χ2v) is 13.9. The molecule has 0 fully saturated rings. The fourth-order valence-electron chi connectivity index (χ4n) is 5.02. The van der Waals surface area contributed by atoms with Crippen LogP contribution in [0.4, 0.5) is 22.7 Å². The Balaban J connectivity index is 1.70. The van der Waals surface area contributed by atoms with Gasteiger partial charge in [-0.05, 0) is 123 Å². The van der Waals surface area contributed by atoms with Crippen molar-refractivity contribution < 1.29 is 0 Å². The van der Waals surface area contributed by atoms with Crippen LogP contribution < -0.4 is 9.80 Å². The number of hydrogen-bond acceptors (Lipinski definition) is 4. The highest BCUT2D eigenvalue weighted by molar-refractivity contribution is 8.89. The molecule has 0 saturated heterocycles. The molecule has 2 nitrogen and oxygen atoms in total. The van der Waals surface area contributed by atoms with Crippen molar-refractivity contribution in [2.45, 2.75) is 55.4 Å². The van der Waals surface area contributed by atoms with E-state index in [9.17, 15) is 0 Å². The van der Waals surface area contributed by atoms with Crippen LogP contribution in [0.3, 0.4) is 0 Å². The first-order valence-electron chi connectivity index (χ1n) is 13.3. The average Bonchev–Trinajstić information content (AvgIpc) is 2.87. The van der Waals surface area contributed by atoms with Crippen molar-refractivity contribution in [2.24, 2.45) is 0 Å². The number of thiocarbonyl (C=S) groups is 2. The standard InChI is InChI=1S/C34H36N2S4/c1-21-9-13-29(25(5)17-21)35(30-14-10-22(2)18-26(30)6)33(37)39-40-34(38)36(31-15-11-23(3)19-27(31)7)32-16-12-24(4)20-28(32)8/h9-20H,1-8H3. The summed E-state index contributed by atoms with van der Waals surface area (Å²) in [5, 5.41) is 0. The molecule has 0 heterocycles. The van der Waals surface area contributed by atoms with Gasteiger partial charge in [-0.1, -0.05) is 95.2 Å². The van der Waals surface area contributed by atoms with E-state index < -0.39 is 0 Å². The fraction of sp³-hybridized carbons (Fsp3) is 0.235. The normalized spacial score (nSPS) is 10.9. The lowest BCUT2D eigenvalue weighted by atomic mass is 10.1.